The number of nitrogens with zero attached hydrogens (tertiary/aromatic N) is 2. The van der Waals surface area contributed by atoms with Gasteiger partial charge in [-0.2, -0.15) is 8.61 Å². The summed E-state index contributed by atoms with van der Waals surface area (Å²) in [6.45, 7) is 6.99. The number of hydrogen-bond acceptors (Lipinski definition) is 6. The molecule has 50 heavy (non-hydrogen) atoms. The summed E-state index contributed by atoms with van der Waals surface area (Å²) >= 11 is 0. The topological polar surface area (TPSA) is 109 Å². The van der Waals surface area contributed by atoms with E-state index in [1.807, 2.05) is 86.7 Å². The quantitative estimate of drug-likeness (QED) is 0.190. The lowest BCUT2D eigenvalue weighted by Gasteiger charge is -2.34. The molecule has 0 spiro atoms. The molecule has 4 aromatic rings. The number of carbonyl (C=O) groups is 2. The standard InChI is InChI=1S/2C20H21NO3S/c2*1-15-8-11-19(12-9-15)25(23,24)21-14-18(16(2)22)10-13-20(21)17-6-4-3-5-7-17/h2*3-12,20H,13-14H2,1-2H3/t2*20-/m10/s1. The van der Waals surface area contributed by atoms with E-state index in [-0.39, 0.29) is 46.5 Å². The first-order valence-electron chi connectivity index (χ1n) is 16.5. The molecule has 0 saturated carbocycles. The van der Waals surface area contributed by atoms with Crippen LogP contribution in [0, 0.1) is 13.8 Å². The van der Waals surface area contributed by atoms with Gasteiger partial charge in [0, 0.05) is 24.2 Å². The van der Waals surface area contributed by atoms with Crippen LogP contribution in [0.5, 0.6) is 0 Å². The molecule has 2 aliphatic heterocycles. The maximum absolute atomic E-state index is 13.2. The van der Waals surface area contributed by atoms with E-state index in [0.717, 1.165) is 22.3 Å². The Morgan fingerprint density at radius 2 is 0.840 bits per heavy atom. The molecule has 260 valence electrons. The third kappa shape index (κ3) is 8.27. The zero-order valence-corrected chi connectivity index (χ0v) is 30.3. The molecule has 0 aromatic heterocycles. The predicted octanol–water partition coefficient (Wildman–Crippen LogP) is 7.29. The Morgan fingerprint density at radius 1 is 0.520 bits per heavy atom. The van der Waals surface area contributed by atoms with E-state index < -0.39 is 20.0 Å². The summed E-state index contributed by atoms with van der Waals surface area (Å²) in [6, 6.07) is 32.1. The molecule has 0 N–H and O–H groups in total. The van der Waals surface area contributed by atoms with Crippen LogP contribution in [0.25, 0.3) is 0 Å². The molecule has 0 aliphatic carbocycles. The summed E-state index contributed by atoms with van der Waals surface area (Å²) in [5.41, 5.74) is 4.95. The highest BCUT2D eigenvalue weighted by Crippen LogP contribution is 2.36. The van der Waals surface area contributed by atoms with E-state index in [2.05, 4.69) is 0 Å². The number of carbonyl (C=O) groups excluding carboxylic acids is 2. The van der Waals surface area contributed by atoms with Crippen LogP contribution in [0.4, 0.5) is 0 Å². The molecule has 0 saturated heterocycles. The summed E-state index contributed by atoms with van der Waals surface area (Å²) in [5, 5.41) is 0. The van der Waals surface area contributed by atoms with Gasteiger partial charge in [0.15, 0.2) is 11.6 Å². The molecule has 6 rings (SSSR count). The monoisotopic (exact) mass is 710 g/mol. The number of Topliss-reactive ketones (excluding diaryl/α,β-unsaturated/α-hetero) is 2. The van der Waals surface area contributed by atoms with Crippen molar-refractivity contribution in [3.05, 3.63) is 155 Å². The maximum atomic E-state index is 13.2. The van der Waals surface area contributed by atoms with Gasteiger partial charge in [-0.15, -0.1) is 0 Å². The number of sulfonamides is 2. The number of ketones is 2. The molecule has 0 bridgehead atoms. The Morgan fingerprint density at radius 3 is 1.14 bits per heavy atom. The minimum absolute atomic E-state index is 0.0874. The third-order valence-corrected chi connectivity index (χ3v) is 12.8. The molecule has 2 atom stereocenters. The average Bonchev–Trinajstić information content (AvgIpc) is 3.12. The van der Waals surface area contributed by atoms with Crippen molar-refractivity contribution < 1.29 is 26.4 Å². The number of benzene rings is 4. The lowest BCUT2D eigenvalue weighted by atomic mass is 9.97. The Bertz CT molecular complexity index is 1950. The van der Waals surface area contributed by atoms with Crippen molar-refractivity contribution in [2.24, 2.45) is 0 Å². The Hall–Kier alpha value is -4.48. The molecule has 0 unspecified atom stereocenters. The first-order valence-corrected chi connectivity index (χ1v) is 19.3. The van der Waals surface area contributed by atoms with Crippen molar-refractivity contribution in [2.45, 2.75) is 62.4 Å². The van der Waals surface area contributed by atoms with Crippen LogP contribution < -0.4 is 0 Å². The minimum atomic E-state index is -3.70. The second-order valence-corrected chi connectivity index (χ2v) is 16.4. The van der Waals surface area contributed by atoms with E-state index in [1.54, 1.807) is 48.5 Å². The highest BCUT2D eigenvalue weighted by molar-refractivity contribution is 7.89. The second-order valence-electron chi connectivity index (χ2n) is 12.6. The number of hydrogen-bond donors (Lipinski definition) is 0. The van der Waals surface area contributed by atoms with E-state index >= 15 is 0 Å². The van der Waals surface area contributed by atoms with Gasteiger partial charge in [-0.1, -0.05) is 108 Å². The molecule has 0 amide bonds. The highest BCUT2D eigenvalue weighted by Gasteiger charge is 2.37. The molecule has 0 radical (unpaired) electrons. The molecule has 0 fully saturated rings. The van der Waals surface area contributed by atoms with E-state index in [0.29, 0.717) is 24.0 Å². The minimum Gasteiger partial charge on any atom is -0.295 e. The SMILES string of the molecule is CC(=O)C1=CC[C@@H](c2ccccc2)N(S(=O)(=O)c2ccc(C)cc2)C1.CC(=O)C1=CC[C@H](c2ccccc2)N(S(=O)(=O)c2ccc(C)cc2)C1. The largest absolute Gasteiger partial charge is 0.295 e. The van der Waals surface area contributed by atoms with Gasteiger partial charge in [-0.25, -0.2) is 16.8 Å². The van der Waals surface area contributed by atoms with Crippen molar-refractivity contribution in [2.75, 3.05) is 13.1 Å². The van der Waals surface area contributed by atoms with Crippen molar-refractivity contribution in [1.29, 1.82) is 0 Å². The van der Waals surface area contributed by atoms with Gasteiger partial charge >= 0.3 is 0 Å². The number of rotatable bonds is 8. The number of aryl methyl sites for hydroxylation is 2. The first-order chi connectivity index (χ1) is 23.8. The van der Waals surface area contributed by atoms with Crippen molar-refractivity contribution in [3.63, 3.8) is 0 Å². The molecule has 10 heteroatoms. The third-order valence-electron chi connectivity index (χ3n) is 9.05. The van der Waals surface area contributed by atoms with Crippen LogP contribution in [0.3, 0.4) is 0 Å². The van der Waals surface area contributed by atoms with Crippen LogP contribution in [0.2, 0.25) is 0 Å². The maximum Gasteiger partial charge on any atom is 0.243 e. The van der Waals surface area contributed by atoms with Gasteiger partial charge in [0.2, 0.25) is 20.0 Å². The molecule has 2 aliphatic rings. The molecule has 4 aromatic carbocycles. The van der Waals surface area contributed by atoms with Crippen LogP contribution in [0.1, 0.15) is 61.0 Å². The summed E-state index contributed by atoms with van der Waals surface area (Å²) in [5.74, 6) is -0.175. The van der Waals surface area contributed by atoms with Gasteiger partial charge in [0.25, 0.3) is 0 Å². The van der Waals surface area contributed by atoms with Crippen molar-refractivity contribution in [3.8, 4) is 0 Å². The lowest BCUT2D eigenvalue weighted by Crippen LogP contribution is -2.39. The van der Waals surface area contributed by atoms with Crippen LogP contribution in [-0.4, -0.2) is 50.1 Å². The Kier molecular flexibility index (Phi) is 11.5. The van der Waals surface area contributed by atoms with E-state index in [4.69, 9.17) is 0 Å². The van der Waals surface area contributed by atoms with Gasteiger partial charge in [0.05, 0.1) is 21.9 Å². The van der Waals surface area contributed by atoms with Crippen LogP contribution >= 0.6 is 0 Å². The van der Waals surface area contributed by atoms with Gasteiger partial charge in [-0.05, 0) is 75.9 Å². The molecular formula is C40H42N2O6S2. The van der Waals surface area contributed by atoms with Crippen molar-refractivity contribution >= 4 is 31.6 Å². The normalized spacial score (nSPS) is 18.6. The summed E-state index contributed by atoms with van der Waals surface area (Å²) < 4.78 is 55.8. The summed E-state index contributed by atoms with van der Waals surface area (Å²) in [4.78, 5) is 24.1. The average molecular weight is 711 g/mol. The summed E-state index contributed by atoms with van der Waals surface area (Å²) in [6.07, 6.45) is 4.70. The molecular weight excluding hydrogens is 669 g/mol. The first kappa shape index (κ1) is 36.8. The second kappa shape index (κ2) is 15.6. The smallest absolute Gasteiger partial charge is 0.243 e. The highest BCUT2D eigenvalue weighted by atomic mass is 32.2. The van der Waals surface area contributed by atoms with E-state index in [9.17, 15) is 26.4 Å². The van der Waals surface area contributed by atoms with Crippen molar-refractivity contribution in [1.82, 2.24) is 8.61 Å². The summed E-state index contributed by atoms with van der Waals surface area (Å²) in [7, 11) is -7.40. The van der Waals surface area contributed by atoms with E-state index in [1.165, 1.54) is 22.5 Å². The lowest BCUT2D eigenvalue weighted by molar-refractivity contribution is -0.114. The fraction of sp³-hybridized carbons (Fsp3) is 0.250. The molecule has 2 heterocycles. The Labute approximate surface area is 295 Å². The van der Waals surface area contributed by atoms with Gasteiger partial charge in [0.1, 0.15) is 0 Å². The van der Waals surface area contributed by atoms with Gasteiger partial charge < -0.3 is 0 Å². The van der Waals surface area contributed by atoms with Gasteiger partial charge in [-0.3, -0.25) is 9.59 Å². The van der Waals surface area contributed by atoms with Crippen LogP contribution in [-0.2, 0) is 29.6 Å². The zero-order valence-electron chi connectivity index (χ0n) is 28.7. The predicted molar refractivity (Wildman–Crippen MR) is 195 cm³/mol. The van der Waals surface area contributed by atoms with Crippen LogP contribution in [0.15, 0.2) is 142 Å². The fourth-order valence-corrected chi connectivity index (χ4v) is 9.29. The fourth-order valence-electron chi connectivity index (χ4n) is 6.09. The molecule has 8 nitrogen and oxygen atoms in total. The zero-order chi connectivity index (χ0) is 36.1. The Balaban J connectivity index is 0.000000194.